The van der Waals surface area contributed by atoms with Gasteiger partial charge in [-0.25, -0.2) is 4.79 Å². The highest BCUT2D eigenvalue weighted by Gasteiger charge is 2.24. The number of carbonyl (C=O) groups is 2. The fraction of sp³-hybridized carbons (Fsp3) is 0.684. The van der Waals surface area contributed by atoms with Gasteiger partial charge in [0, 0.05) is 51.9 Å². The molecule has 8 nitrogen and oxygen atoms in total. The van der Waals surface area contributed by atoms with Crippen LogP contribution in [0.5, 0.6) is 0 Å². The number of ether oxygens (including phenoxy) is 1. The van der Waals surface area contributed by atoms with E-state index in [0.717, 1.165) is 39.1 Å². The molecule has 0 bridgehead atoms. The van der Waals surface area contributed by atoms with Gasteiger partial charge in [-0.2, -0.15) is 0 Å². The van der Waals surface area contributed by atoms with Gasteiger partial charge in [-0.3, -0.25) is 9.69 Å². The highest BCUT2D eigenvalue weighted by Crippen LogP contribution is 2.10. The normalized spacial score (nSPS) is 20.2. The van der Waals surface area contributed by atoms with Gasteiger partial charge in [0.2, 0.25) is 0 Å². The summed E-state index contributed by atoms with van der Waals surface area (Å²) in [6.45, 7) is 8.71. The maximum atomic E-state index is 12.5. The van der Waals surface area contributed by atoms with Crippen LogP contribution in [-0.2, 0) is 4.74 Å². The molecule has 2 aliphatic heterocycles. The number of hydrogen-bond acceptors (Lipinski definition) is 5. The van der Waals surface area contributed by atoms with E-state index < -0.39 is 0 Å². The van der Waals surface area contributed by atoms with Crippen molar-refractivity contribution in [2.45, 2.75) is 25.8 Å². The fourth-order valence-corrected chi connectivity index (χ4v) is 3.58. The molecule has 1 atom stereocenters. The zero-order valence-corrected chi connectivity index (χ0v) is 16.1. The third-order valence-electron chi connectivity index (χ3n) is 5.31. The molecule has 3 heterocycles. The smallest absolute Gasteiger partial charge is 0.317 e. The molecule has 2 saturated heterocycles. The number of furan rings is 1. The molecule has 2 aliphatic rings. The van der Waals surface area contributed by atoms with Crippen LogP contribution < -0.4 is 5.32 Å². The minimum atomic E-state index is -0.110. The molecule has 0 unspecified atom stereocenters. The summed E-state index contributed by atoms with van der Waals surface area (Å²) in [6, 6.07) is 3.77. The summed E-state index contributed by atoms with van der Waals surface area (Å²) in [4.78, 5) is 30.8. The Morgan fingerprint density at radius 3 is 2.59 bits per heavy atom. The van der Waals surface area contributed by atoms with Crippen molar-refractivity contribution >= 4 is 11.9 Å². The van der Waals surface area contributed by atoms with Crippen LogP contribution in [0, 0.1) is 0 Å². The second kappa shape index (κ2) is 9.75. The number of nitrogens with zero attached hydrogens (tertiary/aromatic N) is 3. The lowest BCUT2D eigenvalue weighted by molar-refractivity contribution is 0.0188. The molecule has 2 fully saturated rings. The van der Waals surface area contributed by atoms with Gasteiger partial charge in [-0.05, 0) is 31.9 Å². The minimum absolute atomic E-state index is 0.0449. The van der Waals surface area contributed by atoms with E-state index in [1.54, 1.807) is 21.9 Å². The van der Waals surface area contributed by atoms with Crippen LogP contribution in [0.25, 0.3) is 0 Å². The largest absolute Gasteiger partial charge is 0.459 e. The minimum Gasteiger partial charge on any atom is -0.459 e. The lowest BCUT2D eigenvalue weighted by Gasteiger charge is -2.32. The number of rotatable bonds is 5. The molecular weight excluding hydrogens is 348 g/mol. The quantitative estimate of drug-likeness (QED) is 0.834. The number of morpholine rings is 1. The molecule has 3 amide bonds. The van der Waals surface area contributed by atoms with Gasteiger partial charge in [0.25, 0.3) is 5.91 Å². The molecule has 0 radical (unpaired) electrons. The number of nitrogens with one attached hydrogen (secondary N) is 1. The Bertz CT molecular complexity index is 601. The van der Waals surface area contributed by atoms with E-state index in [0.29, 0.717) is 44.5 Å². The molecule has 0 aliphatic carbocycles. The van der Waals surface area contributed by atoms with Gasteiger partial charge < -0.3 is 24.3 Å². The highest BCUT2D eigenvalue weighted by atomic mass is 16.5. The van der Waals surface area contributed by atoms with E-state index in [1.807, 2.05) is 0 Å². The van der Waals surface area contributed by atoms with Gasteiger partial charge in [-0.15, -0.1) is 0 Å². The molecule has 3 rings (SSSR count). The Balaban J connectivity index is 1.39. The van der Waals surface area contributed by atoms with Crippen molar-refractivity contribution in [1.29, 1.82) is 0 Å². The molecule has 8 heteroatoms. The second-order valence-electron chi connectivity index (χ2n) is 7.13. The highest BCUT2D eigenvalue weighted by molar-refractivity contribution is 5.91. The molecule has 1 N–H and O–H groups in total. The van der Waals surface area contributed by atoms with Crippen LogP contribution in [0.2, 0.25) is 0 Å². The van der Waals surface area contributed by atoms with Crippen LogP contribution in [0.1, 0.15) is 30.3 Å². The first-order chi connectivity index (χ1) is 13.1. The molecule has 0 aromatic carbocycles. The second-order valence-corrected chi connectivity index (χ2v) is 7.13. The maximum absolute atomic E-state index is 12.5. The number of carbonyl (C=O) groups excluding carboxylic acids is 2. The summed E-state index contributed by atoms with van der Waals surface area (Å²) in [5, 5.41) is 3.03. The zero-order chi connectivity index (χ0) is 19.1. The lowest BCUT2D eigenvalue weighted by atomic mass is 10.2. The molecular formula is C19H30N4O4. The Labute approximate surface area is 160 Å². The topological polar surface area (TPSA) is 78.3 Å². The molecule has 1 aromatic rings. The van der Waals surface area contributed by atoms with E-state index in [1.165, 1.54) is 6.26 Å². The standard InChI is InChI=1S/C19H30N4O4/c1-16(21-11-14-26-15-12-21)5-6-20-19(25)23-8-3-7-22(9-10-23)18(24)17-4-2-13-27-17/h2,4,13,16H,3,5-12,14-15H2,1H3,(H,20,25)/t16-/m1/s1. The maximum Gasteiger partial charge on any atom is 0.317 e. The average Bonchev–Trinajstić information content (AvgIpc) is 3.12. The number of hydrogen-bond donors (Lipinski definition) is 1. The summed E-state index contributed by atoms with van der Waals surface area (Å²) < 4.78 is 10.6. The van der Waals surface area contributed by atoms with E-state index >= 15 is 0 Å². The third kappa shape index (κ3) is 5.46. The van der Waals surface area contributed by atoms with Gasteiger partial charge >= 0.3 is 6.03 Å². The van der Waals surface area contributed by atoms with E-state index in [-0.39, 0.29) is 11.9 Å². The van der Waals surface area contributed by atoms with Gasteiger partial charge in [-0.1, -0.05) is 0 Å². The molecule has 0 saturated carbocycles. The fourth-order valence-electron chi connectivity index (χ4n) is 3.58. The summed E-state index contributed by atoms with van der Waals surface area (Å²) in [7, 11) is 0. The van der Waals surface area contributed by atoms with Crippen molar-refractivity contribution in [3.63, 3.8) is 0 Å². The summed E-state index contributed by atoms with van der Waals surface area (Å²) in [5.74, 6) is 0.242. The average molecular weight is 378 g/mol. The first-order valence-electron chi connectivity index (χ1n) is 9.82. The number of urea groups is 1. The first kappa shape index (κ1) is 19.7. The molecule has 27 heavy (non-hydrogen) atoms. The van der Waals surface area contributed by atoms with Crippen molar-refractivity contribution in [2.75, 3.05) is 59.0 Å². The summed E-state index contributed by atoms with van der Waals surface area (Å²) in [5.41, 5.74) is 0. The monoisotopic (exact) mass is 378 g/mol. The first-order valence-corrected chi connectivity index (χ1v) is 9.82. The van der Waals surface area contributed by atoms with Gasteiger partial charge in [0.05, 0.1) is 19.5 Å². The summed E-state index contributed by atoms with van der Waals surface area (Å²) in [6.07, 6.45) is 3.19. The Morgan fingerprint density at radius 2 is 1.85 bits per heavy atom. The van der Waals surface area contributed by atoms with Gasteiger partial charge in [0.1, 0.15) is 0 Å². The molecule has 150 valence electrons. The summed E-state index contributed by atoms with van der Waals surface area (Å²) >= 11 is 0. The number of amides is 3. The van der Waals surface area contributed by atoms with E-state index in [4.69, 9.17) is 9.15 Å². The van der Waals surface area contributed by atoms with Crippen LogP contribution in [0.15, 0.2) is 22.8 Å². The van der Waals surface area contributed by atoms with Crippen LogP contribution >= 0.6 is 0 Å². The Morgan fingerprint density at radius 1 is 1.11 bits per heavy atom. The predicted octanol–water partition coefficient (Wildman–Crippen LogP) is 1.25. The van der Waals surface area contributed by atoms with Crippen molar-refractivity contribution in [3.8, 4) is 0 Å². The van der Waals surface area contributed by atoms with Crippen molar-refractivity contribution in [2.24, 2.45) is 0 Å². The van der Waals surface area contributed by atoms with Crippen molar-refractivity contribution in [3.05, 3.63) is 24.2 Å². The lowest BCUT2D eigenvalue weighted by Crippen LogP contribution is -2.45. The van der Waals surface area contributed by atoms with Crippen LogP contribution in [0.3, 0.4) is 0 Å². The van der Waals surface area contributed by atoms with Crippen LogP contribution in [0.4, 0.5) is 4.79 Å². The van der Waals surface area contributed by atoms with Crippen LogP contribution in [-0.4, -0.2) is 91.7 Å². The van der Waals surface area contributed by atoms with Crippen molar-refractivity contribution in [1.82, 2.24) is 20.0 Å². The van der Waals surface area contributed by atoms with Crippen molar-refractivity contribution < 1.29 is 18.7 Å². The predicted molar refractivity (Wildman–Crippen MR) is 101 cm³/mol. The zero-order valence-electron chi connectivity index (χ0n) is 16.1. The van der Waals surface area contributed by atoms with E-state index in [2.05, 4.69) is 17.1 Å². The molecule has 0 spiro atoms. The third-order valence-corrected chi connectivity index (χ3v) is 5.31. The Hall–Kier alpha value is -2.06. The Kier molecular flexibility index (Phi) is 7.11. The van der Waals surface area contributed by atoms with Gasteiger partial charge in [0.15, 0.2) is 5.76 Å². The van der Waals surface area contributed by atoms with E-state index in [9.17, 15) is 9.59 Å². The molecule has 1 aromatic heterocycles. The SMILES string of the molecule is C[C@H](CCNC(=O)N1CCCN(C(=O)c2ccco2)CC1)N1CCOCC1.